The molecule has 0 aliphatic carbocycles. The summed E-state index contributed by atoms with van der Waals surface area (Å²) in [6, 6.07) is 12.9. The van der Waals surface area contributed by atoms with Gasteiger partial charge >= 0.3 is 5.69 Å². The van der Waals surface area contributed by atoms with Gasteiger partial charge in [-0.2, -0.15) is 0 Å². The molecule has 0 spiro atoms. The normalized spacial score (nSPS) is 11.3. The van der Waals surface area contributed by atoms with Crippen molar-refractivity contribution in [2.75, 3.05) is 5.32 Å². The highest BCUT2D eigenvalue weighted by atomic mass is 16.2. The predicted octanol–water partition coefficient (Wildman–Crippen LogP) is 2.49. The van der Waals surface area contributed by atoms with Crippen LogP contribution in [0.1, 0.15) is 17.3 Å². The number of para-hydroxylation sites is 2. The van der Waals surface area contributed by atoms with Crippen LogP contribution in [0.5, 0.6) is 0 Å². The van der Waals surface area contributed by atoms with Crippen molar-refractivity contribution in [1.82, 2.24) is 19.1 Å². The average Bonchev–Trinajstić information content (AvgIpc) is 3.11. The van der Waals surface area contributed by atoms with E-state index in [2.05, 4.69) is 15.3 Å². The molecule has 0 unspecified atom stereocenters. The second kappa shape index (κ2) is 5.62. The van der Waals surface area contributed by atoms with Crippen molar-refractivity contribution >= 4 is 33.9 Å². The van der Waals surface area contributed by atoms with E-state index >= 15 is 0 Å². The largest absolute Gasteiger partial charge is 0.326 e. The minimum atomic E-state index is -0.263. The van der Waals surface area contributed by atoms with E-state index in [9.17, 15) is 9.59 Å². The van der Waals surface area contributed by atoms with Gasteiger partial charge in [0, 0.05) is 19.2 Å². The van der Waals surface area contributed by atoms with Crippen molar-refractivity contribution < 1.29 is 4.79 Å². The Balaban J connectivity index is 1.73. The summed E-state index contributed by atoms with van der Waals surface area (Å²) >= 11 is 0. The zero-order valence-corrected chi connectivity index (χ0v) is 13.9. The van der Waals surface area contributed by atoms with Crippen LogP contribution in [0.25, 0.3) is 22.1 Å². The number of aromatic nitrogens is 4. The molecule has 0 atom stereocenters. The smallest absolute Gasteiger partial charge is 0.310 e. The summed E-state index contributed by atoms with van der Waals surface area (Å²) in [5.74, 6) is 0.248. The molecular weight excluding hydrogens is 318 g/mol. The minimum Gasteiger partial charge on any atom is -0.310 e. The number of hydrogen-bond donors (Lipinski definition) is 2. The zero-order chi connectivity index (χ0) is 17.6. The molecule has 0 radical (unpaired) electrons. The highest BCUT2D eigenvalue weighted by molar-refractivity contribution is 6.05. The van der Waals surface area contributed by atoms with Gasteiger partial charge in [-0.3, -0.25) is 14.7 Å². The van der Waals surface area contributed by atoms with E-state index in [1.165, 1.54) is 4.57 Å². The Kier molecular flexibility index (Phi) is 3.42. The van der Waals surface area contributed by atoms with Crippen LogP contribution in [-0.2, 0) is 13.6 Å². The van der Waals surface area contributed by atoms with E-state index in [0.29, 0.717) is 29.1 Å². The lowest BCUT2D eigenvalue weighted by Gasteiger charge is -2.08. The second-order valence-corrected chi connectivity index (χ2v) is 5.84. The summed E-state index contributed by atoms with van der Waals surface area (Å²) in [6.45, 7) is 2.70. The van der Waals surface area contributed by atoms with Crippen LogP contribution in [0.4, 0.5) is 5.95 Å². The van der Waals surface area contributed by atoms with Gasteiger partial charge in [0.05, 0.1) is 22.1 Å². The minimum absolute atomic E-state index is 0.208. The Bertz CT molecular complexity index is 1170. The number of nitrogens with one attached hydrogen (secondary N) is 2. The first-order chi connectivity index (χ1) is 12.1. The summed E-state index contributed by atoms with van der Waals surface area (Å²) < 4.78 is 3.44. The number of fused-ring (bicyclic) bond motifs is 2. The fourth-order valence-corrected chi connectivity index (χ4v) is 3.03. The summed E-state index contributed by atoms with van der Waals surface area (Å²) in [6.07, 6.45) is 0. The van der Waals surface area contributed by atoms with E-state index < -0.39 is 0 Å². The molecule has 2 N–H and O–H groups in total. The molecule has 2 aromatic heterocycles. The molecule has 1 amide bonds. The molecule has 0 saturated carbocycles. The van der Waals surface area contributed by atoms with Crippen LogP contribution in [0.15, 0.2) is 47.3 Å². The zero-order valence-electron chi connectivity index (χ0n) is 13.9. The maximum atomic E-state index is 12.7. The van der Waals surface area contributed by atoms with Crippen molar-refractivity contribution in [2.24, 2.45) is 7.05 Å². The van der Waals surface area contributed by atoms with Gasteiger partial charge in [0.15, 0.2) is 0 Å². The SMILES string of the molecule is CCn1c(NC(=O)c2ccc3[nH]c(=O)n(C)c3c2)nc2ccccc21. The fraction of sp³-hybridized carbons (Fsp3) is 0.167. The van der Waals surface area contributed by atoms with Gasteiger partial charge in [-0.05, 0) is 37.3 Å². The lowest BCUT2D eigenvalue weighted by atomic mass is 10.2. The Morgan fingerprint density at radius 1 is 1.20 bits per heavy atom. The van der Waals surface area contributed by atoms with E-state index in [4.69, 9.17) is 0 Å². The Hall–Kier alpha value is -3.35. The molecule has 2 heterocycles. The quantitative estimate of drug-likeness (QED) is 0.603. The number of carbonyl (C=O) groups is 1. The topological polar surface area (TPSA) is 84.7 Å². The number of aromatic amines is 1. The summed E-state index contributed by atoms with van der Waals surface area (Å²) in [4.78, 5) is 31.6. The predicted molar refractivity (Wildman–Crippen MR) is 96.9 cm³/mol. The van der Waals surface area contributed by atoms with Crippen LogP contribution < -0.4 is 11.0 Å². The Morgan fingerprint density at radius 2 is 2.00 bits per heavy atom. The van der Waals surface area contributed by atoms with E-state index in [0.717, 1.165) is 11.0 Å². The number of anilines is 1. The highest BCUT2D eigenvalue weighted by Crippen LogP contribution is 2.20. The fourth-order valence-electron chi connectivity index (χ4n) is 3.03. The Labute approximate surface area is 142 Å². The molecule has 0 aliphatic heterocycles. The Morgan fingerprint density at radius 3 is 2.80 bits per heavy atom. The molecule has 0 aliphatic rings. The second-order valence-electron chi connectivity index (χ2n) is 5.84. The lowest BCUT2D eigenvalue weighted by Crippen LogP contribution is -2.16. The first-order valence-corrected chi connectivity index (χ1v) is 8.04. The third kappa shape index (κ3) is 2.40. The van der Waals surface area contributed by atoms with Crippen LogP contribution in [0, 0.1) is 0 Å². The number of rotatable bonds is 3. The third-order valence-corrected chi connectivity index (χ3v) is 4.36. The number of amides is 1. The highest BCUT2D eigenvalue weighted by Gasteiger charge is 2.14. The van der Waals surface area contributed by atoms with Crippen LogP contribution in [-0.4, -0.2) is 25.0 Å². The van der Waals surface area contributed by atoms with Gasteiger partial charge in [0.2, 0.25) is 5.95 Å². The van der Waals surface area contributed by atoms with Crippen molar-refractivity contribution in [3.63, 3.8) is 0 Å². The van der Waals surface area contributed by atoms with Gasteiger partial charge in [-0.1, -0.05) is 12.1 Å². The average molecular weight is 335 g/mol. The maximum absolute atomic E-state index is 12.7. The number of benzene rings is 2. The van der Waals surface area contributed by atoms with E-state index in [1.807, 2.05) is 35.8 Å². The third-order valence-electron chi connectivity index (χ3n) is 4.36. The number of hydrogen-bond acceptors (Lipinski definition) is 3. The van der Waals surface area contributed by atoms with Crippen molar-refractivity contribution in [2.45, 2.75) is 13.5 Å². The molecule has 2 aromatic carbocycles. The van der Waals surface area contributed by atoms with Crippen LogP contribution >= 0.6 is 0 Å². The van der Waals surface area contributed by atoms with Crippen molar-refractivity contribution in [1.29, 1.82) is 0 Å². The van der Waals surface area contributed by atoms with Gasteiger partial charge in [-0.15, -0.1) is 0 Å². The molecule has 0 fully saturated rings. The van der Waals surface area contributed by atoms with E-state index in [-0.39, 0.29) is 11.6 Å². The molecule has 7 nitrogen and oxygen atoms in total. The van der Waals surface area contributed by atoms with Gasteiger partial charge in [0.1, 0.15) is 0 Å². The monoisotopic (exact) mass is 335 g/mol. The van der Waals surface area contributed by atoms with Crippen LogP contribution in [0.2, 0.25) is 0 Å². The number of nitrogens with zero attached hydrogens (tertiary/aromatic N) is 3. The first-order valence-electron chi connectivity index (χ1n) is 8.04. The summed E-state index contributed by atoms with van der Waals surface area (Å²) in [5.41, 5.74) is 3.45. The number of carbonyl (C=O) groups excluding carboxylic acids is 1. The van der Waals surface area contributed by atoms with Gasteiger partial charge < -0.3 is 9.55 Å². The molecule has 4 aromatic rings. The van der Waals surface area contributed by atoms with Crippen molar-refractivity contribution in [3.05, 3.63) is 58.5 Å². The molecule has 0 bridgehead atoms. The van der Waals surface area contributed by atoms with Crippen LogP contribution in [0.3, 0.4) is 0 Å². The first kappa shape index (κ1) is 15.2. The molecule has 126 valence electrons. The molecule has 0 saturated heterocycles. The molecule has 7 heteroatoms. The van der Waals surface area contributed by atoms with Gasteiger partial charge in [0.25, 0.3) is 5.91 Å². The number of H-pyrrole nitrogens is 1. The van der Waals surface area contributed by atoms with Crippen molar-refractivity contribution in [3.8, 4) is 0 Å². The summed E-state index contributed by atoms with van der Waals surface area (Å²) in [7, 11) is 1.67. The van der Waals surface area contributed by atoms with Gasteiger partial charge in [-0.25, -0.2) is 9.78 Å². The maximum Gasteiger partial charge on any atom is 0.326 e. The lowest BCUT2D eigenvalue weighted by molar-refractivity contribution is 0.102. The molecule has 4 rings (SSSR count). The molecule has 25 heavy (non-hydrogen) atoms. The summed E-state index contributed by atoms with van der Waals surface area (Å²) in [5, 5.41) is 2.87. The van der Waals surface area contributed by atoms with E-state index in [1.54, 1.807) is 25.2 Å². The number of aryl methyl sites for hydroxylation is 2. The number of imidazole rings is 2. The molecular formula is C18H17N5O2. The standard InChI is InChI=1S/C18H17N5O2/c1-3-23-14-7-5-4-6-12(14)19-17(23)21-16(24)11-8-9-13-15(10-11)22(2)18(25)20-13/h4-10H,3H2,1-2H3,(H,20,25)(H,19,21,24).